The number of hydrogen-bond donors (Lipinski definition) is 3. The van der Waals surface area contributed by atoms with Crippen LogP contribution in [-0.2, 0) is 42.8 Å². The number of benzene rings is 3. The van der Waals surface area contributed by atoms with E-state index in [1.165, 1.54) is 60.0 Å². The number of pyridine rings is 3. The average molecular weight is 1100 g/mol. The summed E-state index contributed by atoms with van der Waals surface area (Å²) < 4.78 is 25.3. The number of amides is 4. The van der Waals surface area contributed by atoms with E-state index in [4.69, 9.17) is 35.8 Å². The minimum absolute atomic E-state index is 0.00453. The summed E-state index contributed by atoms with van der Waals surface area (Å²) in [5.41, 5.74) is 6.53. The fraction of sp³-hybridized carbons (Fsp3) is 0.160. The summed E-state index contributed by atoms with van der Waals surface area (Å²) in [5.74, 6) is -0.164. The lowest BCUT2D eigenvalue weighted by Crippen LogP contribution is -2.38. The summed E-state index contributed by atoms with van der Waals surface area (Å²) in [6.07, 6.45) is 5.17. The van der Waals surface area contributed by atoms with Crippen molar-refractivity contribution in [3.05, 3.63) is 141 Å². The summed E-state index contributed by atoms with van der Waals surface area (Å²) in [6, 6.07) is 25.4. The van der Waals surface area contributed by atoms with Gasteiger partial charge in [-0.15, -0.1) is 11.6 Å². The van der Waals surface area contributed by atoms with Crippen LogP contribution in [0.3, 0.4) is 0 Å². The molecule has 26 heteroatoms. The van der Waals surface area contributed by atoms with E-state index in [0.29, 0.717) is 57.9 Å². The Hall–Kier alpha value is -8.75. The van der Waals surface area contributed by atoms with Crippen LogP contribution in [-0.4, -0.2) is 105 Å². The minimum atomic E-state index is -0.662. The number of alkyl halides is 1. The van der Waals surface area contributed by atoms with Crippen molar-refractivity contribution in [2.45, 2.75) is 19.0 Å². The van der Waals surface area contributed by atoms with Crippen LogP contribution in [0.4, 0.5) is 17.1 Å². The Bertz CT molecular complexity index is 3430. The lowest BCUT2D eigenvalue weighted by atomic mass is 10.1. The van der Waals surface area contributed by atoms with E-state index in [9.17, 15) is 28.8 Å². The number of fused-ring (bicyclic) bond motifs is 6. The molecule has 0 saturated heterocycles. The van der Waals surface area contributed by atoms with Crippen molar-refractivity contribution in [3.63, 3.8) is 0 Å². The summed E-state index contributed by atoms with van der Waals surface area (Å²) >= 11 is 10.0. The molecule has 4 amide bonds. The fourth-order valence-electron chi connectivity index (χ4n) is 7.44. The van der Waals surface area contributed by atoms with E-state index in [-0.39, 0.29) is 49.7 Å². The van der Waals surface area contributed by atoms with Gasteiger partial charge < -0.3 is 29.0 Å². The summed E-state index contributed by atoms with van der Waals surface area (Å²) in [6.45, 7) is 0.418. The van der Waals surface area contributed by atoms with E-state index in [1.54, 1.807) is 82.8 Å². The van der Waals surface area contributed by atoms with E-state index in [1.807, 2.05) is 30.3 Å². The molecule has 9 heterocycles. The molecule has 0 saturated carbocycles. The number of carbonyl (C=O) groups is 6. The van der Waals surface area contributed by atoms with Gasteiger partial charge >= 0.3 is 11.9 Å². The molecule has 6 aromatic heterocycles. The molecular formula is C50H39ClN10O12S3. The van der Waals surface area contributed by atoms with E-state index in [2.05, 4.69) is 40.0 Å². The predicted octanol–water partition coefficient (Wildman–Crippen LogP) is 7.37. The number of carbonyl (C=O) groups excluding carboxylic acids is 6. The molecular weight excluding hydrogens is 1060 g/mol. The molecule has 386 valence electrons. The number of halogens is 1. The molecule has 76 heavy (non-hydrogen) atoms. The summed E-state index contributed by atoms with van der Waals surface area (Å²) in [4.78, 5) is 102. The van der Waals surface area contributed by atoms with Crippen molar-refractivity contribution in [3.8, 4) is 17.2 Å². The summed E-state index contributed by atoms with van der Waals surface area (Å²) in [7, 11) is 2.62. The Morgan fingerprint density at radius 3 is 1.53 bits per heavy atom. The number of ether oxygens (including phenoxy) is 5. The third-order valence-corrected chi connectivity index (χ3v) is 14.3. The maximum atomic E-state index is 12.4. The van der Waals surface area contributed by atoms with Crippen molar-refractivity contribution < 1.29 is 57.7 Å². The van der Waals surface area contributed by atoms with Gasteiger partial charge in [-0.2, -0.15) is 0 Å². The van der Waals surface area contributed by atoms with Crippen LogP contribution in [0.15, 0.2) is 110 Å². The van der Waals surface area contributed by atoms with Gasteiger partial charge in [0.05, 0.1) is 61.4 Å². The quantitative estimate of drug-likeness (QED) is 0.0579. The van der Waals surface area contributed by atoms with Crippen LogP contribution in [0.2, 0.25) is 0 Å². The van der Waals surface area contributed by atoms with Gasteiger partial charge in [0.25, 0.3) is 23.6 Å². The van der Waals surface area contributed by atoms with Gasteiger partial charge in [0.1, 0.15) is 63.3 Å². The highest BCUT2D eigenvalue weighted by atomic mass is 35.5. The Balaban J connectivity index is 0.000000130. The number of nitrogens with zero attached hydrogens (tertiary/aromatic N) is 8. The van der Waals surface area contributed by atoms with Crippen molar-refractivity contribution in [1.29, 1.82) is 0 Å². The summed E-state index contributed by atoms with van der Waals surface area (Å²) in [5, 5.41) is 13.8. The maximum absolute atomic E-state index is 12.4. The highest BCUT2D eigenvalue weighted by molar-refractivity contribution is 7.18. The van der Waals surface area contributed by atoms with Crippen molar-refractivity contribution in [1.82, 2.24) is 35.4 Å². The van der Waals surface area contributed by atoms with Crippen LogP contribution < -0.4 is 34.8 Å². The molecule has 22 nitrogen and oxygen atoms in total. The third-order valence-electron chi connectivity index (χ3n) is 11.0. The highest BCUT2D eigenvalue weighted by Crippen LogP contribution is 2.37. The second-order valence-electron chi connectivity index (χ2n) is 15.8. The van der Waals surface area contributed by atoms with Crippen LogP contribution >= 0.6 is 45.6 Å². The van der Waals surface area contributed by atoms with Gasteiger partial charge in [0.15, 0.2) is 19.8 Å². The van der Waals surface area contributed by atoms with Crippen molar-refractivity contribution >= 4 is 129 Å². The number of rotatable bonds is 8. The molecule has 0 fully saturated rings. The number of aromatic nitrogens is 6. The zero-order chi connectivity index (χ0) is 53.3. The molecule has 0 bridgehead atoms. The van der Waals surface area contributed by atoms with Gasteiger partial charge in [-0.3, -0.25) is 34.2 Å². The number of nitrogens with one attached hydrogen (secondary N) is 2. The number of hydrogen-bond acceptors (Lipinski definition) is 21. The highest BCUT2D eigenvalue weighted by Gasteiger charge is 2.30. The van der Waals surface area contributed by atoms with Gasteiger partial charge in [0, 0.05) is 24.2 Å². The van der Waals surface area contributed by atoms with Gasteiger partial charge in [-0.1, -0.05) is 34.0 Å². The zero-order valence-electron chi connectivity index (χ0n) is 39.8. The standard InChI is InChI=1S/C17H13N3O4S.C16H12N4O4S.C10H9NO4.C7H5ClN2S/c1-23-17(22)10-4-5-13-12(7-10)20(15(21)9-24-13)8-14-19-11-3-2-6-18-16(11)25-14;21-14-8-24-12-4-3-9(15(22)19-23)6-11(12)20(14)7-13-18-10-2-1-5-17-16(10)25-13;1-14-10(13)6-2-3-8-7(4-6)11-9(12)5-15-8;8-4-6-10-5-2-1-3-9-7(5)11-6/h2-7H,8-9H2,1H3;1-6,23H,7-8H2,(H,19,22);2-4H,5H2,1H3,(H,11,12);1-3H,4H2. The van der Waals surface area contributed by atoms with E-state index in [0.717, 1.165) is 46.1 Å². The van der Waals surface area contributed by atoms with Crippen molar-refractivity contribution in [2.24, 2.45) is 0 Å². The molecule has 9 aromatic rings. The van der Waals surface area contributed by atoms with Gasteiger partial charge in [0.2, 0.25) is 0 Å². The van der Waals surface area contributed by atoms with E-state index >= 15 is 0 Å². The molecule has 0 atom stereocenters. The molecule has 12 rings (SSSR count). The first-order valence-electron chi connectivity index (χ1n) is 22.4. The topological polar surface area (TPSA) is 277 Å². The number of anilines is 3. The first-order chi connectivity index (χ1) is 36.9. The second kappa shape index (κ2) is 23.6. The van der Waals surface area contributed by atoms with Crippen LogP contribution in [0, 0.1) is 0 Å². The Kier molecular flexibility index (Phi) is 16.2. The average Bonchev–Trinajstić information content (AvgIpc) is 4.21. The van der Waals surface area contributed by atoms with Crippen LogP contribution in [0.5, 0.6) is 17.2 Å². The monoisotopic (exact) mass is 1100 g/mol. The zero-order valence-corrected chi connectivity index (χ0v) is 43.0. The first-order valence-corrected chi connectivity index (χ1v) is 25.4. The van der Waals surface area contributed by atoms with Crippen molar-refractivity contribution in [2.75, 3.05) is 49.2 Å². The maximum Gasteiger partial charge on any atom is 0.337 e. The number of thiazole rings is 3. The molecule has 0 unspecified atom stereocenters. The third kappa shape index (κ3) is 11.9. The lowest BCUT2D eigenvalue weighted by molar-refractivity contribution is -0.122. The number of esters is 2. The molecule has 3 N–H and O–H groups in total. The van der Waals surface area contributed by atoms with E-state index < -0.39 is 17.8 Å². The smallest absolute Gasteiger partial charge is 0.337 e. The molecule has 3 aliphatic rings. The molecule has 0 aliphatic carbocycles. The Labute approximate surface area is 446 Å². The first kappa shape index (κ1) is 52.1. The van der Waals surface area contributed by atoms with Gasteiger partial charge in [-0.05, 0) is 91.0 Å². The number of methoxy groups -OCH3 is 2. The second-order valence-corrected chi connectivity index (χ2v) is 19.3. The lowest BCUT2D eigenvalue weighted by Gasteiger charge is -2.29. The van der Waals surface area contributed by atoms with Gasteiger partial charge in [-0.25, -0.2) is 45.0 Å². The molecule has 3 aromatic carbocycles. The molecule has 0 radical (unpaired) electrons. The normalized spacial score (nSPS) is 13.1. The SMILES string of the molecule is COC(=O)c1ccc2c(c1)N(Cc1nc3cccnc3s1)C(=O)CO2.COC(=O)c1ccc2c(c1)NC(=O)CO2.ClCc1nc2cccnc2s1.O=C(NO)c1ccc2c(c1)N(Cc1nc3cccnc3s1)C(=O)CO2. The van der Waals surface area contributed by atoms with Crippen LogP contribution in [0.25, 0.3) is 31.0 Å². The Morgan fingerprint density at radius 1 is 0.618 bits per heavy atom. The Morgan fingerprint density at radius 2 is 1.05 bits per heavy atom. The van der Waals surface area contributed by atoms with Crippen LogP contribution in [0.1, 0.15) is 46.1 Å². The molecule has 0 spiro atoms. The minimum Gasteiger partial charge on any atom is -0.482 e. The largest absolute Gasteiger partial charge is 0.482 e. The fourth-order valence-corrected chi connectivity index (χ4v) is 10.2. The predicted molar refractivity (Wildman–Crippen MR) is 281 cm³/mol. The number of hydroxylamine groups is 1. The molecule has 3 aliphatic heterocycles.